The molecule has 13 rings (SSSR count). The van der Waals surface area contributed by atoms with E-state index in [1.165, 1.54) is 49.7 Å². The Labute approximate surface area is 558 Å². The molecular formula is C60H76I6N9O8-. The zero-order valence-electron chi connectivity index (χ0n) is 48.0. The van der Waals surface area contributed by atoms with Crippen LogP contribution in [0.1, 0.15) is 132 Å². The van der Waals surface area contributed by atoms with Crippen molar-refractivity contribution in [1.82, 2.24) is 29.3 Å². The van der Waals surface area contributed by atoms with Crippen molar-refractivity contribution in [1.29, 1.82) is 0 Å². The van der Waals surface area contributed by atoms with Gasteiger partial charge in [-0.3, -0.25) is 23.6 Å². The topological polar surface area (TPSA) is 183 Å². The van der Waals surface area contributed by atoms with Gasteiger partial charge in [0.15, 0.2) is 17.3 Å². The van der Waals surface area contributed by atoms with Crippen molar-refractivity contribution in [2.24, 2.45) is 44.8 Å². The molecule has 2 atom stereocenters. The number of carbonyl (C=O) groups is 3. The van der Waals surface area contributed by atoms with Crippen molar-refractivity contribution in [3.63, 3.8) is 0 Å². The molecule has 3 aromatic heterocycles. The van der Waals surface area contributed by atoms with Gasteiger partial charge in [-0.2, -0.15) is 15.3 Å². The second-order valence-corrected chi connectivity index (χ2v) is 38.8. The van der Waals surface area contributed by atoms with Crippen LogP contribution in [0.5, 0.6) is 17.2 Å². The van der Waals surface area contributed by atoms with Crippen LogP contribution in [-0.4, -0.2) is 102 Å². The zero-order chi connectivity index (χ0) is 58.8. The van der Waals surface area contributed by atoms with Crippen LogP contribution in [0, 0.1) is 23.7 Å². The third-order valence-corrected chi connectivity index (χ3v) is 16.6. The van der Waals surface area contributed by atoms with Gasteiger partial charge in [-0.1, -0.05) is 36.4 Å². The number of ether oxygens (including phenoxy) is 3. The van der Waals surface area contributed by atoms with Gasteiger partial charge in [0.2, 0.25) is 0 Å². The van der Waals surface area contributed by atoms with E-state index in [0.717, 1.165) is 85.5 Å². The van der Waals surface area contributed by atoms with Gasteiger partial charge in [-0.05, 0) is 147 Å². The van der Waals surface area contributed by atoms with Crippen molar-refractivity contribution in [3.8, 4) is 17.2 Å². The summed E-state index contributed by atoms with van der Waals surface area (Å²) in [4.78, 5) is 42.9. The number of aliphatic hydroxyl groups is 1. The molecule has 0 amide bonds. The molecule has 7 aliphatic carbocycles. The fraction of sp³-hybridized carbons (Fsp3) is 0.500. The normalized spacial score (nSPS) is 20.5. The van der Waals surface area contributed by atoms with Crippen LogP contribution in [-0.2, 0) is 40.8 Å². The minimum absolute atomic E-state index is 0. The summed E-state index contributed by atoms with van der Waals surface area (Å²) < 4.78 is 21.3. The Kier molecular flexibility index (Phi) is 25.6. The summed E-state index contributed by atoms with van der Waals surface area (Å²) in [6.07, 6.45) is 12.7. The first kappa shape index (κ1) is 67.7. The molecule has 452 valence electrons. The number of anilines is 3. The van der Waals surface area contributed by atoms with E-state index in [9.17, 15) is 19.5 Å². The molecule has 23 heteroatoms. The summed E-state index contributed by atoms with van der Waals surface area (Å²) in [7, 11) is 10.6. The van der Waals surface area contributed by atoms with Crippen LogP contribution in [0.25, 0.3) is 0 Å². The number of hydrogen-bond acceptors (Lipinski definition) is 13. The number of aromatic nitrogens is 6. The van der Waals surface area contributed by atoms with Crippen LogP contribution < -0.4 is 42.2 Å². The molecule has 0 spiro atoms. The molecule has 4 bridgehead atoms. The van der Waals surface area contributed by atoms with Crippen molar-refractivity contribution in [2.45, 2.75) is 127 Å². The van der Waals surface area contributed by atoms with E-state index in [2.05, 4.69) is 129 Å². The van der Waals surface area contributed by atoms with E-state index in [4.69, 9.17) is 19.3 Å². The number of carboxylic acid groups (broad SMARTS) is 1. The van der Waals surface area contributed by atoms with Crippen LogP contribution in [0.2, 0.25) is 0 Å². The molecular weight excluding hydrogens is 1740 g/mol. The third kappa shape index (κ3) is 18.2. The first-order chi connectivity index (χ1) is 39.5. The van der Waals surface area contributed by atoms with Gasteiger partial charge in [-0.25, -0.2) is 4.79 Å². The van der Waals surface area contributed by atoms with Crippen LogP contribution in [0.4, 0.5) is 17.5 Å². The number of hydrogen-bond donors (Lipinski definition) is 2. The van der Waals surface area contributed by atoms with Crippen LogP contribution in [0.3, 0.4) is 0 Å². The minimum atomic E-state index is -1.00. The van der Waals surface area contributed by atoms with E-state index < -0.39 is 11.6 Å². The SMILES string of the molecule is COc1cccc(CN(c2cc(C(=O)CC3C4CC5CC3CC(O)(C5)C4)nn2C)C2CC2)c1.COc1cccc(CN(c2cc(C(=O)O)nn2C)C2CC2)c1.COc1cccc(CN(c2cc(C(C)=O)nn2C)C2CC2)c1.I.II.I[I-]I. The van der Waals surface area contributed by atoms with Crippen molar-refractivity contribution < 1.29 is 52.1 Å². The predicted octanol–water partition coefficient (Wildman–Crippen LogP) is 10.6. The number of carbonyl (C=O) groups excluding carboxylic acids is 2. The van der Waals surface area contributed by atoms with Crippen LogP contribution >= 0.6 is 98.4 Å². The maximum atomic E-state index is 13.4. The quantitative estimate of drug-likeness (QED) is 0.0544. The number of benzene rings is 3. The fourth-order valence-corrected chi connectivity index (χ4v) is 12.6. The summed E-state index contributed by atoms with van der Waals surface area (Å²) in [5.41, 5.74) is 4.26. The standard InChI is InChI=1S/C27H35N3O3.C17H21N3O2.C16H19N3O3.I3.I2.HI/c1-29-26(30(21-6-7-21)16-17-4-3-5-22(10-17)33-2)12-24(28-29)25(31)11-23-19-8-18-9-20(23)15-27(32,13-18)14-19;1-12(21)16-10-17(19(2)18-16)20(14-7-8-14)11-13-5-4-6-15(9-13)22-3;1-18-15(9-14(17-18)16(20)21)19(12-6-7-12)10-11-4-3-5-13(8-11)22-2;1-3-2;1-2;/h3-5,10,12,18-21,23,32H,6-9,11,13-16H2,1-2H3;4-6,9-10,14H,7-8,11H2,1-3H3;3-5,8-9,12H,6-7,10H2,1-2H3,(H,20,21);;;1H/q;;;-1;;. The van der Waals surface area contributed by atoms with Gasteiger partial charge >= 0.3 is 56.5 Å². The van der Waals surface area contributed by atoms with Crippen molar-refractivity contribution in [2.75, 3.05) is 36.0 Å². The van der Waals surface area contributed by atoms with E-state index in [1.54, 1.807) is 50.7 Å². The van der Waals surface area contributed by atoms with Gasteiger partial charge < -0.3 is 39.1 Å². The van der Waals surface area contributed by atoms with Crippen molar-refractivity contribution >= 4 is 133 Å². The van der Waals surface area contributed by atoms with Gasteiger partial charge in [0.25, 0.3) is 0 Å². The molecule has 3 aromatic carbocycles. The monoisotopic (exact) mass is 1810 g/mol. The van der Waals surface area contributed by atoms with E-state index >= 15 is 0 Å². The second-order valence-electron chi connectivity index (χ2n) is 22.6. The molecule has 0 aliphatic heterocycles. The number of methoxy groups -OCH3 is 3. The van der Waals surface area contributed by atoms with Gasteiger partial charge in [0, 0.05) is 128 Å². The number of Topliss-reactive ketones (excluding diaryl/α,β-unsaturated/α-hetero) is 2. The van der Waals surface area contributed by atoms with Gasteiger partial charge in [-0.15, -0.1) is 24.0 Å². The number of rotatable bonds is 20. The second kappa shape index (κ2) is 31.4. The molecule has 0 saturated heterocycles. The average Bonchev–Trinajstić information content (AvgIpc) is 4.04. The molecule has 7 fully saturated rings. The Balaban J connectivity index is 0.000000176. The number of halogens is 6. The third-order valence-electron chi connectivity index (χ3n) is 16.6. The van der Waals surface area contributed by atoms with E-state index in [-0.39, 0.29) is 41.2 Å². The Morgan fingerprint density at radius 3 is 1.27 bits per heavy atom. The number of aryl methyl sites for hydroxylation is 3. The Bertz CT molecular complexity index is 2990. The number of carboxylic acids is 1. The molecule has 2 N–H and O–H groups in total. The molecule has 6 aromatic rings. The summed E-state index contributed by atoms with van der Waals surface area (Å²) in [5.74, 6) is 6.66. The summed E-state index contributed by atoms with van der Waals surface area (Å²) >= 11 is 9.54. The maximum absolute atomic E-state index is 13.4. The fourth-order valence-electron chi connectivity index (χ4n) is 12.6. The molecule has 7 saturated carbocycles. The van der Waals surface area contributed by atoms with Gasteiger partial charge in [0.05, 0.1) is 26.9 Å². The number of ketones is 2. The average molecular weight is 1810 g/mol. The molecule has 3 heterocycles. The van der Waals surface area contributed by atoms with E-state index in [0.29, 0.717) is 79.4 Å². The Hall–Kier alpha value is -2.76. The van der Waals surface area contributed by atoms with Crippen molar-refractivity contribution in [3.05, 3.63) is 125 Å². The van der Waals surface area contributed by atoms with Crippen LogP contribution in [0.15, 0.2) is 91.0 Å². The molecule has 17 nitrogen and oxygen atoms in total. The first-order valence-corrected chi connectivity index (χ1v) is 46.7. The number of aromatic carboxylic acids is 1. The molecule has 83 heavy (non-hydrogen) atoms. The summed E-state index contributed by atoms with van der Waals surface area (Å²) in [6.45, 7) is 3.83. The first-order valence-electron chi connectivity index (χ1n) is 27.8. The van der Waals surface area contributed by atoms with E-state index in [1.807, 2.05) is 79.4 Å². The summed E-state index contributed by atoms with van der Waals surface area (Å²) in [6, 6.07) is 31.2. The van der Waals surface area contributed by atoms with Gasteiger partial charge in [0.1, 0.15) is 46.1 Å². The molecule has 0 radical (unpaired) electrons. The Morgan fingerprint density at radius 2 is 0.952 bits per heavy atom. The Morgan fingerprint density at radius 1 is 0.602 bits per heavy atom. The zero-order valence-corrected chi connectivity index (χ0v) is 61.1. The summed E-state index contributed by atoms with van der Waals surface area (Å²) in [5, 5.41) is 33.0. The predicted molar refractivity (Wildman–Crippen MR) is 366 cm³/mol. The molecule has 2 unspecified atom stereocenters. The molecule has 7 aliphatic rings. The number of nitrogens with zero attached hydrogens (tertiary/aromatic N) is 9.